The first-order valence-corrected chi connectivity index (χ1v) is 6.23. The van der Waals surface area contributed by atoms with Gasteiger partial charge in [-0.25, -0.2) is 4.39 Å². The molecule has 0 atom stereocenters. The van der Waals surface area contributed by atoms with E-state index in [1.165, 1.54) is 6.07 Å². The number of hydrogen-bond donors (Lipinski definition) is 1. The monoisotopic (exact) mass is 259 g/mol. The van der Waals surface area contributed by atoms with Crippen molar-refractivity contribution in [1.82, 2.24) is 5.32 Å². The summed E-state index contributed by atoms with van der Waals surface area (Å²) in [5.74, 6) is -0.374. The predicted octanol–water partition coefficient (Wildman–Crippen LogP) is 3.38. The topological polar surface area (TPSA) is 21.3 Å². The van der Waals surface area contributed by atoms with Gasteiger partial charge in [0.2, 0.25) is 0 Å². The van der Waals surface area contributed by atoms with Crippen molar-refractivity contribution in [1.29, 1.82) is 0 Å². The molecule has 0 aliphatic carbocycles. The molecule has 4 heteroatoms. The lowest BCUT2D eigenvalue weighted by atomic mass is 10.2. The van der Waals surface area contributed by atoms with Crippen molar-refractivity contribution in [3.8, 4) is 0 Å². The molecule has 1 N–H and O–H groups in total. The van der Waals surface area contributed by atoms with Crippen LogP contribution in [0, 0.1) is 5.82 Å². The smallest absolute Gasteiger partial charge is 0.141 e. The fourth-order valence-corrected chi connectivity index (χ4v) is 1.60. The van der Waals surface area contributed by atoms with Crippen molar-refractivity contribution in [2.75, 3.05) is 13.2 Å². The van der Waals surface area contributed by atoms with Crippen LogP contribution in [0.2, 0.25) is 5.02 Å². The van der Waals surface area contributed by atoms with Crippen LogP contribution in [0.15, 0.2) is 18.2 Å². The molecule has 0 saturated heterocycles. The van der Waals surface area contributed by atoms with Crippen molar-refractivity contribution >= 4 is 11.6 Å². The third-order valence-electron chi connectivity index (χ3n) is 2.26. The summed E-state index contributed by atoms with van der Waals surface area (Å²) in [6.07, 6.45) is 1.25. The van der Waals surface area contributed by atoms with Crippen molar-refractivity contribution in [3.05, 3.63) is 34.6 Å². The number of hydrogen-bond acceptors (Lipinski definition) is 2. The molecule has 0 spiro atoms. The molecule has 0 fully saturated rings. The standard InChI is InChI=1S/C13H19ClFNO/c1-10(2)17-7-3-6-16-9-11-4-5-13(15)12(14)8-11/h4-5,8,10,16H,3,6-7,9H2,1-2H3. The molecule has 17 heavy (non-hydrogen) atoms. The van der Waals surface area contributed by atoms with Crippen LogP contribution in [-0.4, -0.2) is 19.3 Å². The second-order valence-electron chi connectivity index (χ2n) is 4.20. The van der Waals surface area contributed by atoms with E-state index in [4.69, 9.17) is 16.3 Å². The zero-order valence-corrected chi connectivity index (χ0v) is 11.1. The van der Waals surface area contributed by atoms with Gasteiger partial charge in [0.1, 0.15) is 5.82 Å². The van der Waals surface area contributed by atoms with Gasteiger partial charge in [0.25, 0.3) is 0 Å². The quantitative estimate of drug-likeness (QED) is 0.758. The third kappa shape index (κ3) is 6.01. The first kappa shape index (κ1) is 14.4. The van der Waals surface area contributed by atoms with Gasteiger partial charge in [-0.3, -0.25) is 0 Å². The van der Waals surface area contributed by atoms with Crippen LogP contribution in [0.4, 0.5) is 4.39 Å². The minimum Gasteiger partial charge on any atom is -0.379 e. The van der Waals surface area contributed by atoms with E-state index in [2.05, 4.69) is 5.32 Å². The van der Waals surface area contributed by atoms with Crippen LogP contribution in [0.5, 0.6) is 0 Å². The van der Waals surface area contributed by atoms with Crippen molar-refractivity contribution < 1.29 is 9.13 Å². The highest BCUT2D eigenvalue weighted by Gasteiger charge is 2.00. The molecule has 96 valence electrons. The molecule has 2 nitrogen and oxygen atoms in total. The number of ether oxygens (including phenoxy) is 1. The Morgan fingerprint density at radius 3 is 2.82 bits per heavy atom. The highest BCUT2D eigenvalue weighted by Crippen LogP contribution is 2.15. The molecule has 0 bridgehead atoms. The average Bonchev–Trinajstić information content (AvgIpc) is 2.27. The van der Waals surface area contributed by atoms with Gasteiger partial charge in [-0.15, -0.1) is 0 Å². The van der Waals surface area contributed by atoms with Gasteiger partial charge in [0, 0.05) is 13.2 Å². The fourth-order valence-electron chi connectivity index (χ4n) is 1.40. The fraction of sp³-hybridized carbons (Fsp3) is 0.538. The molecule has 0 aliphatic heterocycles. The molecule has 0 unspecified atom stereocenters. The molecule has 0 radical (unpaired) electrons. The second-order valence-corrected chi connectivity index (χ2v) is 4.61. The maximum absolute atomic E-state index is 12.9. The Balaban J connectivity index is 2.16. The summed E-state index contributed by atoms with van der Waals surface area (Å²) in [6.45, 7) is 6.38. The van der Waals surface area contributed by atoms with Crippen LogP contribution in [0.25, 0.3) is 0 Å². The summed E-state index contributed by atoms with van der Waals surface area (Å²) in [5, 5.41) is 3.43. The molecule has 1 aromatic rings. The molecule has 0 amide bonds. The molecule has 0 saturated carbocycles. The largest absolute Gasteiger partial charge is 0.379 e. The van der Waals surface area contributed by atoms with E-state index in [0.29, 0.717) is 6.54 Å². The maximum atomic E-state index is 12.9. The van der Waals surface area contributed by atoms with E-state index >= 15 is 0 Å². The lowest BCUT2D eigenvalue weighted by Crippen LogP contribution is -2.17. The van der Waals surface area contributed by atoms with Gasteiger partial charge in [-0.2, -0.15) is 0 Å². The molecule has 0 heterocycles. The Labute approximate surface area is 107 Å². The third-order valence-corrected chi connectivity index (χ3v) is 2.55. The minimum atomic E-state index is -0.374. The number of nitrogens with one attached hydrogen (secondary N) is 1. The highest BCUT2D eigenvalue weighted by molar-refractivity contribution is 6.30. The Kier molecular flexibility index (Phi) is 6.48. The summed E-state index contributed by atoms with van der Waals surface area (Å²) in [4.78, 5) is 0. The van der Waals surface area contributed by atoms with Gasteiger partial charge in [0.15, 0.2) is 0 Å². The number of halogens is 2. The van der Waals surface area contributed by atoms with Gasteiger partial charge in [-0.05, 0) is 44.5 Å². The first-order valence-electron chi connectivity index (χ1n) is 5.86. The molecular weight excluding hydrogens is 241 g/mol. The van der Waals surface area contributed by atoms with Crippen molar-refractivity contribution in [2.24, 2.45) is 0 Å². The molecule has 0 aromatic heterocycles. The molecule has 0 aliphatic rings. The Hall–Kier alpha value is -0.640. The van der Waals surface area contributed by atoms with Crippen LogP contribution in [0.3, 0.4) is 0 Å². The molecular formula is C13H19ClFNO. The second kappa shape index (κ2) is 7.64. The summed E-state index contributed by atoms with van der Waals surface area (Å²) < 4.78 is 18.3. The highest BCUT2D eigenvalue weighted by atomic mass is 35.5. The van der Waals surface area contributed by atoms with Crippen LogP contribution < -0.4 is 5.32 Å². The van der Waals surface area contributed by atoms with Gasteiger partial charge in [0.05, 0.1) is 11.1 Å². The Morgan fingerprint density at radius 1 is 1.41 bits per heavy atom. The lowest BCUT2D eigenvalue weighted by Gasteiger charge is -2.08. The van der Waals surface area contributed by atoms with Crippen molar-refractivity contribution in [3.63, 3.8) is 0 Å². The van der Waals surface area contributed by atoms with E-state index in [-0.39, 0.29) is 16.9 Å². The van der Waals surface area contributed by atoms with Crippen molar-refractivity contribution in [2.45, 2.75) is 32.9 Å². The summed E-state index contributed by atoms with van der Waals surface area (Å²) in [7, 11) is 0. The normalized spacial score (nSPS) is 11.1. The number of benzene rings is 1. The van der Waals surface area contributed by atoms with E-state index in [1.807, 2.05) is 13.8 Å². The van der Waals surface area contributed by atoms with Crippen LogP contribution in [0.1, 0.15) is 25.8 Å². The Bertz CT molecular complexity index is 344. The molecule has 1 aromatic carbocycles. The zero-order valence-electron chi connectivity index (χ0n) is 10.3. The maximum Gasteiger partial charge on any atom is 0.141 e. The van der Waals surface area contributed by atoms with Gasteiger partial charge < -0.3 is 10.1 Å². The molecule has 1 rings (SSSR count). The van der Waals surface area contributed by atoms with E-state index in [0.717, 1.165) is 25.1 Å². The van der Waals surface area contributed by atoms with E-state index in [1.54, 1.807) is 12.1 Å². The van der Waals surface area contributed by atoms with E-state index < -0.39 is 0 Å². The van der Waals surface area contributed by atoms with Crippen LogP contribution >= 0.6 is 11.6 Å². The SMILES string of the molecule is CC(C)OCCCNCc1ccc(F)c(Cl)c1. The minimum absolute atomic E-state index is 0.174. The summed E-state index contributed by atoms with van der Waals surface area (Å²) in [5.41, 5.74) is 0.987. The number of rotatable bonds is 7. The lowest BCUT2D eigenvalue weighted by molar-refractivity contribution is 0.0770. The Morgan fingerprint density at radius 2 is 2.18 bits per heavy atom. The van der Waals surface area contributed by atoms with E-state index in [9.17, 15) is 4.39 Å². The summed E-state index contributed by atoms with van der Waals surface area (Å²) in [6, 6.07) is 4.77. The zero-order chi connectivity index (χ0) is 12.7. The summed E-state index contributed by atoms with van der Waals surface area (Å²) >= 11 is 5.69. The first-order chi connectivity index (χ1) is 8.09. The predicted molar refractivity (Wildman–Crippen MR) is 68.8 cm³/mol. The van der Waals surface area contributed by atoms with Crippen LogP contribution in [-0.2, 0) is 11.3 Å². The average molecular weight is 260 g/mol. The van der Waals surface area contributed by atoms with Gasteiger partial charge in [-0.1, -0.05) is 17.7 Å². The van der Waals surface area contributed by atoms with Gasteiger partial charge >= 0.3 is 0 Å².